The van der Waals surface area contributed by atoms with Crippen molar-refractivity contribution < 1.29 is 9.84 Å². The molecule has 1 heterocycles. The molecule has 0 aliphatic carbocycles. The van der Waals surface area contributed by atoms with Gasteiger partial charge >= 0.3 is 0 Å². The van der Waals surface area contributed by atoms with E-state index in [0.717, 1.165) is 4.34 Å². The van der Waals surface area contributed by atoms with Gasteiger partial charge in [-0.1, -0.05) is 17.8 Å². The van der Waals surface area contributed by atoms with Crippen molar-refractivity contribution in [1.82, 2.24) is 4.98 Å². The highest BCUT2D eigenvalue weighted by Crippen LogP contribution is 2.21. The van der Waals surface area contributed by atoms with Crippen LogP contribution in [0.25, 0.3) is 0 Å². The summed E-state index contributed by atoms with van der Waals surface area (Å²) in [6, 6.07) is 7.17. The van der Waals surface area contributed by atoms with Crippen molar-refractivity contribution in [2.75, 3.05) is 18.1 Å². The molecule has 0 amide bonds. The van der Waals surface area contributed by atoms with Crippen molar-refractivity contribution in [3.05, 3.63) is 35.8 Å². The van der Waals surface area contributed by atoms with Crippen LogP contribution in [0, 0.1) is 0 Å². The van der Waals surface area contributed by atoms with Gasteiger partial charge in [-0.15, -0.1) is 11.3 Å². The Hall–Kier alpha value is -1.24. The van der Waals surface area contributed by atoms with E-state index in [1.807, 2.05) is 17.5 Å². The van der Waals surface area contributed by atoms with Gasteiger partial charge in [-0.25, -0.2) is 4.98 Å². The van der Waals surface area contributed by atoms with Gasteiger partial charge in [0.15, 0.2) is 0 Å². The molecular weight excluding hydrogens is 268 g/mol. The van der Waals surface area contributed by atoms with Crippen molar-refractivity contribution in [2.45, 2.75) is 10.4 Å². The average Bonchev–Trinajstić information content (AvgIpc) is 2.87. The Bertz CT molecular complexity index is 477. The summed E-state index contributed by atoms with van der Waals surface area (Å²) in [7, 11) is 0. The summed E-state index contributed by atoms with van der Waals surface area (Å²) in [5, 5.41) is 11.7. The van der Waals surface area contributed by atoms with Gasteiger partial charge in [0, 0.05) is 29.1 Å². The molecule has 0 bridgehead atoms. The highest BCUT2D eigenvalue weighted by atomic mass is 32.2. The maximum atomic E-state index is 9.78. The molecule has 1 aromatic heterocycles. The second kappa shape index (κ2) is 6.63. The number of aromatic nitrogens is 1. The molecule has 0 saturated heterocycles. The predicted molar refractivity (Wildman–Crippen MR) is 75.2 cm³/mol. The molecule has 1 atom stereocenters. The molecule has 18 heavy (non-hydrogen) atoms. The number of hydrogen-bond acceptors (Lipinski definition) is 6. The van der Waals surface area contributed by atoms with E-state index in [2.05, 4.69) is 4.98 Å². The number of nitrogen functional groups attached to an aromatic ring is 1. The average molecular weight is 282 g/mol. The van der Waals surface area contributed by atoms with E-state index in [1.54, 1.807) is 29.7 Å². The zero-order chi connectivity index (χ0) is 12.8. The van der Waals surface area contributed by atoms with E-state index in [1.165, 1.54) is 11.8 Å². The van der Waals surface area contributed by atoms with Crippen molar-refractivity contribution in [3.8, 4) is 5.75 Å². The van der Waals surface area contributed by atoms with E-state index in [9.17, 15) is 5.11 Å². The van der Waals surface area contributed by atoms with Crippen LogP contribution in [-0.2, 0) is 0 Å². The summed E-state index contributed by atoms with van der Waals surface area (Å²) in [5.41, 5.74) is 6.29. The van der Waals surface area contributed by atoms with Crippen LogP contribution in [0.4, 0.5) is 5.69 Å². The van der Waals surface area contributed by atoms with E-state index < -0.39 is 6.10 Å². The summed E-state index contributed by atoms with van der Waals surface area (Å²) in [6.45, 7) is 0.252. The van der Waals surface area contributed by atoms with Crippen molar-refractivity contribution in [3.63, 3.8) is 0 Å². The van der Waals surface area contributed by atoms with Gasteiger partial charge in [0.05, 0.1) is 6.10 Å². The number of nitrogens with zero attached hydrogens (tertiary/aromatic N) is 1. The quantitative estimate of drug-likeness (QED) is 0.628. The molecule has 3 N–H and O–H groups in total. The summed E-state index contributed by atoms with van der Waals surface area (Å²) in [5.74, 6) is 1.24. The number of hydrogen-bond donors (Lipinski definition) is 2. The van der Waals surface area contributed by atoms with Gasteiger partial charge in [-0.2, -0.15) is 0 Å². The second-order valence-electron chi connectivity index (χ2n) is 3.65. The molecule has 4 nitrogen and oxygen atoms in total. The molecule has 0 radical (unpaired) electrons. The highest BCUT2D eigenvalue weighted by Gasteiger charge is 2.07. The number of nitrogens with two attached hydrogens (primary N) is 1. The van der Waals surface area contributed by atoms with Gasteiger partial charge in [0.2, 0.25) is 0 Å². The maximum absolute atomic E-state index is 9.78. The summed E-state index contributed by atoms with van der Waals surface area (Å²) in [4.78, 5) is 4.13. The van der Waals surface area contributed by atoms with Crippen LogP contribution in [0.5, 0.6) is 5.75 Å². The lowest BCUT2D eigenvalue weighted by Gasteiger charge is -2.11. The molecule has 0 spiro atoms. The minimum atomic E-state index is -0.527. The first kappa shape index (κ1) is 13.2. The molecular formula is C12H14N2O2S2. The smallest absolute Gasteiger partial charge is 0.149 e. The van der Waals surface area contributed by atoms with Gasteiger partial charge < -0.3 is 15.6 Å². The van der Waals surface area contributed by atoms with Crippen molar-refractivity contribution in [1.29, 1.82) is 0 Å². The summed E-state index contributed by atoms with van der Waals surface area (Å²) in [6.07, 6.45) is 1.23. The monoisotopic (exact) mass is 282 g/mol. The number of benzene rings is 1. The Morgan fingerprint density at radius 3 is 3.11 bits per heavy atom. The first-order valence-electron chi connectivity index (χ1n) is 5.43. The molecule has 0 saturated carbocycles. The SMILES string of the molecule is Nc1cccc(OCC(O)CSc2nccs2)c1. The number of aliphatic hydroxyl groups is 1. The van der Waals surface area contributed by atoms with Gasteiger partial charge in [0.1, 0.15) is 16.7 Å². The number of rotatable bonds is 6. The van der Waals surface area contributed by atoms with Crippen LogP contribution in [-0.4, -0.2) is 28.6 Å². The fraction of sp³-hybridized carbons (Fsp3) is 0.250. The summed E-state index contributed by atoms with van der Waals surface area (Å²) >= 11 is 3.09. The normalized spacial score (nSPS) is 12.3. The molecule has 0 aliphatic heterocycles. The van der Waals surface area contributed by atoms with Crippen LogP contribution >= 0.6 is 23.1 Å². The molecule has 0 aliphatic rings. The van der Waals surface area contributed by atoms with Crippen LogP contribution in [0.2, 0.25) is 0 Å². The minimum Gasteiger partial charge on any atom is -0.491 e. The van der Waals surface area contributed by atoms with E-state index in [0.29, 0.717) is 17.2 Å². The first-order chi connectivity index (χ1) is 8.74. The molecule has 6 heteroatoms. The molecule has 2 rings (SSSR count). The molecule has 0 fully saturated rings. The maximum Gasteiger partial charge on any atom is 0.149 e. The van der Waals surface area contributed by atoms with Crippen molar-refractivity contribution >= 4 is 28.8 Å². The highest BCUT2D eigenvalue weighted by molar-refractivity contribution is 8.01. The third-order valence-corrected chi connectivity index (χ3v) is 4.22. The predicted octanol–water partition coefficient (Wildman–Crippen LogP) is 2.26. The number of aliphatic hydroxyl groups excluding tert-OH is 1. The van der Waals surface area contributed by atoms with Gasteiger partial charge in [-0.05, 0) is 12.1 Å². The Morgan fingerprint density at radius 2 is 2.39 bits per heavy atom. The van der Waals surface area contributed by atoms with Crippen LogP contribution in [0.1, 0.15) is 0 Å². The standard InChI is InChI=1S/C12H14N2O2S2/c13-9-2-1-3-11(6-9)16-7-10(15)8-18-12-14-4-5-17-12/h1-6,10,15H,7-8,13H2. The van der Waals surface area contributed by atoms with Gasteiger partial charge in [0.25, 0.3) is 0 Å². The van der Waals surface area contributed by atoms with Crippen LogP contribution in [0.15, 0.2) is 40.2 Å². The summed E-state index contributed by atoms with van der Waals surface area (Å²) < 4.78 is 6.41. The Morgan fingerprint density at radius 1 is 1.50 bits per heavy atom. The zero-order valence-electron chi connectivity index (χ0n) is 9.65. The number of thioether (sulfide) groups is 1. The Kier molecular flexibility index (Phi) is 4.86. The number of anilines is 1. The zero-order valence-corrected chi connectivity index (χ0v) is 11.3. The first-order valence-corrected chi connectivity index (χ1v) is 7.29. The lowest BCUT2D eigenvalue weighted by molar-refractivity contribution is 0.126. The van der Waals surface area contributed by atoms with Crippen molar-refractivity contribution in [2.24, 2.45) is 0 Å². The Balaban J connectivity index is 1.73. The topological polar surface area (TPSA) is 68.4 Å². The van der Waals surface area contributed by atoms with E-state index in [4.69, 9.17) is 10.5 Å². The van der Waals surface area contributed by atoms with Crippen LogP contribution < -0.4 is 10.5 Å². The molecule has 96 valence electrons. The third kappa shape index (κ3) is 4.21. The molecule has 2 aromatic rings. The number of thiazole rings is 1. The largest absolute Gasteiger partial charge is 0.491 e. The lowest BCUT2D eigenvalue weighted by Crippen LogP contribution is -2.20. The van der Waals surface area contributed by atoms with E-state index >= 15 is 0 Å². The fourth-order valence-corrected chi connectivity index (χ4v) is 2.86. The molecule has 1 unspecified atom stereocenters. The van der Waals surface area contributed by atoms with Crippen LogP contribution in [0.3, 0.4) is 0 Å². The Labute approximate surface area is 114 Å². The third-order valence-electron chi connectivity index (χ3n) is 2.11. The van der Waals surface area contributed by atoms with E-state index in [-0.39, 0.29) is 6.61 Å². The minimum absolute atomic E-state index is 0.252. The van der Waals surface area contributed by atoms with Gasteiger partial charge in [-0.3, -0.25) is 0 Å². The lowest BCUT2D eigenvalue weighted by atomic mass is 10.3. The number of ether oxygens (including phenoxy) is 1. The fourth-order valence-electron chi connectivity index (χ4n) is 1.29. The second-order valence-corrected chi connectivity index (χ2v) is 5.81. The molecule has 1 aromatic carbocycles.